The fraction of sp³-hybridized carbons (Fsp3) is 0.200. The summed E-state index contributed by atoms with van der Waals surface area (Å²) in [6, 6.07) is 9.12. The Morgan fingerprint density at radius 3 is 2.70 bits per heavy atom. The Balaban J connectivity index is 1.85. The third kappa shape index (κ3) is 3.30. The zero-order valence-corrected chi connectivity index (χ0v) is 13.8. The van der Waals surface area contributed by atoms with Gasteiger partial charge in [-0.05, 0) is 37.3 Å². The minimum absolute atomic E-state index is 0.0450. The van der Waals surface area contributed by atoms with Crippen molar-refractivity contribution in [1.29, 1.82) is 0 Å². The molecule has 1 heterocycles. The Morgan fingerprint density at radius 2 is 1.96 bits per heavy atom. The van der Waals surface area contributed by atoms with Crippen molar-refractivity contribution in [2.75, 3.05) is 18.1 Å². The van der Waals surface area contributed by atoms with Gasteiger partial charge in [0.2, 0.25) is 6.79 Å². The third-order valence-electron chi connectivity index (χ3n) is 3.14. The van der Waals surface area contributed by atoms with E-state index in [1.165, 1.54) is 18.2 Å². The van der Waals surface area contributed by atoms with Crippen LogP contribution in [0.25, 0.3) is 0 Å². The van der Waals surface area contributed by atoms with Crippen molar-refractivity contribution in [2.45, 2.75) is 11.8 Å². The molecule has 6 nitrogen and oxygen atoms in total. The maximum atomic E-state index is 12.4. The van der Waals surface area contributed by atoms with Crippen LogP contribution in [0.4, 0.5) is 5.69 Å². The molecule has 1 aliphatic heterocycles. The van der Waals surface area contributed by atoms with Gasteiger partial charge in [-0.25, -0.2) is 8.42 Å². The SMILES string of the molecule is CCOc1ccc(S(=O)(=O)Nc2ccc3c(c2)OCO3)cc1Cl. The highest BCUT2D eigenvalue weighted by atomic mass is 35.5. The number of rotatable bonds is 5. The van der Waals surface area contributed by atoms with E-state index < -0.39 is 10.0 Å². The van der Waals surface area contributed by atoms with Gasteiger partial charge in [-0.15, -0.1) is 0 Å². The number of anilines is 1. The molecule has 122 valence electrons. The van der Waals surface area contributed by atoms with Gasteiger partial charge < -0.3 is 14.2 Å². The third-order valence-corrected chi connectivity index (χ3v) is 4.81. The minimum Gasteiger partial charge on any atom is -0.492 e. The molecule has 8 heteroatoms. The molecule has 0 bridgehead atoms. The first kappa shape index (κ1) is 15.8. The van der Waals surface area contributed by atoms with Gasteiger partial charge in [-0.3, -0.25) is 4.72 Å². The van der Waals surface area contributed by atoms with Crippen LogP contribution < -0.4 is 18.9 Å². The molecule has 0 spiro atoms. The lowest BCUT2D eigenvalue weighted by atomic mass is 10.3. The minimum atomic E-state index is -3.77. The summed E-state index contributed by atoms with van der Waals surface area (Å²) >= 11 is 6.04. The number of ether oxygens (including phenoxy) is 3. The maximum Gasteiger partial charge on any atom is 0.261 e. The zero-order valence-electron chi connectivity index (χ0n) is 12.2. The number of hydrogen-bond donors (Lipinski definition) is 1. The van der Waals surface area contributed by atoms with E-state index in [1.54, 1.807) is 18.2 Å². The first-order valence-electron chi connectivity index (χ1n) is 6.84. The van der Waals surface area contributed by atoms with Crippen molar-refractivity contribution in [3.05, 3.63) is 41.4 Å². The second-order valence-electron chi connectivity index (χ2n) is 4.70. The van der Waals surface area contributed by atoms with Crippen LogP contribution in [-0.4, -0.2) is 21.8 Å². The van der Waals surface area contributed by atoms with E-state index in [0.29, 0.717) is 29.5 Å². The lowest BCUT2D eigenvalue weighted by Gasteiger charge is -2.11. The van der Waals surface area contributed by atoms with Gasteiger partial charge in [-0.1, -0.05) is 11.6 Å². The van der Waals surface area contributed by atoms with Crippen LogP contribution in [0, 0.1) is 0 Å². The number of fused-ring (bicyclic) bond motifs is 1. The number of sulfonamides is 1. The van der Waals surface area contributed by atoms with Gasteiger partial charge in [0.1, 0.15) is 5.75 Å². The highest BCUT2D eigenvalue weighted by Gasteiger charge is 2.19. The van der Waals surface area contributed by atoms with Crippen molar-refractivity contribution in [3.63, 3.8) is 0 Å². The molecule has 1 N–H and O–H groups in total. The van der Waals surface area contributed by atoms with E-state index in [-0.39, 0.29) is 16.7 Å². The van der Waals surface area contributed by atoms with Crippen LogP contribution in [0.2, 0.25) is 5.02 Å². The Labute approximate surface area is 139 Å². The van der Waals surface area contributed by atoms with Crippen molar-refractivity contribution < 1.29 is 22.6 Å². The van der Waals surface area contributed by atoms with Crippen LogP contribution >= 0.6 is 11.6 Å². The molecule has 23 heavy (non-hydrogen) atoms. The summed E-state index contributed by atoms with van der Waals surface area (Å²) in [4.78, 5) is 0.0450. The molecule has 3 rings (SSSR count). The van der Waals surface area contributed by atoms with E-state index in [1.807, 2.05) is 6.92 Å². The monoisotopic (exact) mass is 355 g/mol. The highest BCUT2D eigenvalue weighted by Crippen LogP contribution is 2.35. The molecule has 0 atom stereocenters. The molecular weight excluding hydrogens is 342 g/mol. The van der Waals surface area contributed by atoms with E-state index in [4.69, 9.17) is 25.8 Å². The van der Waals surface area contributed by atoms with Gasteiger partial charge in [0.25, 0.3) is 10.0 Å². The summed E-state index contributed by atoms with van der Waals surface area (Å²) in [5.74, 6) is 1.52. The van der Waals surface area contributed by atoms with Crippen LogP contribution in [0.1, 0.15) is 6.92 Å². The van der Waals surface area contributed by atoms with Gasteiger partial charge in [0, 0.05) is 6.07 Å². The zero-order chi connectivity index (χ0) is 16.4. The fourth-order valence-electron chi connectivity index (χ4n) is 2.10. The van der Waals surface area contributed by atoms with Crippen molar-refractivity contribution in [3.8, 4) is 17.2 Å². The first-order chi connectivity index (χ1) is 11.0. The molecule has 0 fully saturated rings. The molecule has 2 aromatic rings. The molecular formula is C15H14ClNO5S. The number of hydrogen-bond acceptors (Lipinski definition) is 5. The second-order valence-corrected chi connectivity index (χ2v) is 6.79. The summed E-state index contributed by atoms with van der Waals surface area (Å²) in [5, 5.41) is 0.236. The Kier molecular flexibility index (Phi) is 4.23. The second kappa shape index (κ2) is 6.17. The molecule has 0 amide bonds. The first-order valence-corrected chi connectivity index (χ1v) is 8.70. The predicted molar refractivity (Wildman–Crippen MR) is 86.0 cm³/mol. The van der Waals surface area contributed by atoms with Crippen LogP contribution in [-0.2, 0) is 10.0 Å². The summed E-state index contributed by atoms with van der Waals surface area (Å²) in [5.41, 5.74) is 0.374. The molecule has 0 saturated carbocycles. The topological polar surface area (TPSA) is 73.9 Å². The summed E-state index contributed by atoms with van der Waals surface area (Å²) < 4.78 is 43.1. The number of nitrogens with one attached hydrogen (secondary N) is 1. The predicted octanol–water partition coefficient (Wildman–Crippen LogP) is 3.27. The van der Waals surface area contributed by atoms with Gasteiger partial charge >= 0.3 is 0 Å². The average molecular weight is 356 g/mol. The molecule has 0 unspecified atom stereocenters. The van der Waals surface area contributed by atoms with Gasteiger partial charge in [0.05, 0.1) is 22.2 Å². The van der Waals surface area contributed by atoms with Crippen LogP contribution in [0.3, 0.4) is 0 Å². The quantitative estimate of drug-likeness (QED) is 0.891. The van der Waals surface area contributed by atoms with Gasteiger partial charge in [0.15, 0.2) is 11.5 Å². The average Bonchev–Trinajstić information content (AvgIpc) is 2.96. The Morgan fingerprint density at radius 1 is 1.17 bits per heavy atom. The molecule has 1 aliphatic rings. The van der Waals surface area contributed by atoms with Crippen molar-refractivity contribution in [1.82, 2.24) is 0 Å². The molecule has 0 aromatic heterocycles. The number of benzene rings is 2. The lowest BCUT2D eigenvalue weighted by Crippen LogP contribution is -2.13. The van der Waals surface area contributed by atoms with Crippen LogP contribution in [0.15, 0.2) is 41.3 Å². The maximum absolute atomic E-state index is 12.4. The molecule has 2 aromatic carbocycles. The van der Waals surface area contributed by atoms with Crippen LogP contribution in [0.5, 0.6) is 17.2 Å². The molecule has 0 radical (unpaired) electrons. The van der Waals surface area contributed by atoms with E-state index in [0.717, 1.165) is 0 Å². The molecule has 0 saturated heterocycles. The van der Waals surface area contributed by atoms with Gasteiger partial charge in [-0.2, -0.15) is 0 Å². The highest BCUT2D eigenvalue weighted by molar-refractivity contribution is 7.92. The summed E-state index contributed by atoms with van der Waals surface area (Å²) in [6.07, 6.45) is 0. The number of halogens is 1. The van der Waals surface area contributed by atoms with E-state index >= 15 is 0 Å². The summed E-state index contributed by atoms with van der Waals surface area (Å²) in [7, 11) is -3.77. The Hall–Kier alpha value is -2.12. The Bertz CT molecular complexity index is 838. The molecule has 0 aliphatic carbocycles. The van der Waals surface area contributed by atoms with Crippen molar-refractivity contribution >= 4 is 27.3 Å². The van der Waals surface area contributed by atoms with E-state index in [2.05, 4.69) is 4.72 Å². The summed E-state index contributed by atoms with van der Waals surface area (Å²) in [6.45, 7) is 2.39. The smallest absolute Gasteiger partial charge is 0.261 e. The largest absolute Gasteiger partial charge is 0.492 e. The standard InChI is InChI=1S/C15H14ClNO5S/c1-2-20-13-6-4-11(8-12(13)16)23(18,19)17-10-3-5-14-15(7-10)22-9-21-14/h3-8,17H,2,9H2,1H3. The van der Waals surface area contributed by atoms with E-state index in [9.17, 15) is 8.42 Å². The van der Waals surface area contributed by atoms with Crippen molar-refractivity contribution in [2.24, 2.45) is 0 Å². The normalized spacial score (nSPS) is 13.0. The fourth-order valence-corrected chi connectivity index (χ4v) is 3.47. The lowest BCUT2D eigenvalue weighted by molar-refractivity contribution is 0.174.